The molecule has 3 rings (SSSR count). The van der Waals surface area contributed by atoms with Crippen LogP contribution in [-0.4, -0.2) is 10.8 Å². The summed E-state index contributed by atoms with van der Waals surface area (Å²) in [5.74, 6) is 0. The van der Waals surface area contributed by atoms with E-state index in [0.29, 0.717) is 0 Å². The summed E-state index contributed by atoms with van der Waals surface area (Å²) in [5.41, 5.74) is 2.24. The molecule has 1 aliphatic rings. The minimum absolute atomic E-state index is 0.952. The average molecular weight is 468 g/mol. The number of unbranched alkanes of at least 4 members (excludes halogenated alkanes) is 15. The molecule has 0 atom stereocenters. The van der Waals surface area contributed by atoms with Crippen LogP contribution in [0.2, 0.25) is 0 Å². The summed E-state index contributed by atoms with van der Waals surface area (Å²) in [6, 6.07) is 16.4. The molecule has 0 aromatic heterocycles. The van der Waals surface area contributed by atoms with Crippen molar-refractivity contribution < 1.29 is 4.21 Å². The number of rotatable bonds is 17. The number of fused-ring (bicyclic) bond motifs is 2. The lowest BCUT2D eigenvalue weighted by Crippen LogP contribution is -2.25. The highest BCUT2D eigenvalue weighted by Gasteiger charge is 2.26. The lowest BCUT2D eigenvalue weighted by Gasteiger charge is -2.32. The van der Waals surface area contributed by atoms with Crippen molar-refractivity contribution >= 4 is 22.2 Å². The van der Waals surface area contributed by atoms with E-state index in [1.54, 1.807) is 0 Å². The molecule has 2 nitrogen and oxygen atoms in total. The first-order chi connectivity index (χ1) is 16.3. The topological polar surface area (TPSA) is 20.3 Å². The molecule has 1 aliphatic heterocycles. The molecule has 0 unspecified atom stereocenters. The molecule has 0 saturated carbocycles. The zero-order valence-electron chi connectivity index (χ0n) is 20.9. The summed E-state index contributed by atoms with van der Waals surface area (Å²) in [6.45, 7) is 3.29. The van der Waals surface area contributed by atoms with Crippen LogP contribution in [0, 0.1) is 0 Å². The lowest BCUT2D eigenvalue weighted by atomic mass is 10.0. The second-order valence-corrected chi connectivity index (χ2v) is 11.1. The van der Waals surface area contributed by atoms with Gasteiger partial charge in [-0.15, -0.1) is 0 Å². The van der Waals surface area contributed by atoms with Gasteiger partial charge >= 0.3 is 0 Å². The molecular formula is C30H45NOS. The number of benzene rings is 2. The summed E-state index contributed by atoms with van der Waals surface area (Å²) >= 11 is 0. The summed E-state index contributed by atoms with van der Waals surface area (Å²) in [6.07, 6.45) is 22.3. The predicted molar refractivity (Wildman–Crippen MR) is 144 cm³/mol. The number of hydrogen-bond donors (Lipinski definition) is 0. The molecule has 0 fully saturated rings. The van der Waals surface area contributed by atoms with Gasteiger partial charge in [-0.2, -0.15) is 0 Å². The monoisotopic (exact) mass is 467 g/mol. The molecule has 0 radical (unpaired) electrons. The zero-order chi connectivity index (χ0) is 23.1. The Balaban J connectivity index is 1.25. The molecule has 182 valence electrons. The SMILES string of the molecule is CCCCCCCCCCCCCCCCCCN1c2ccccc2S(=O)c2ccccc21. The number of nitrogens with zero attached hydrogens (tertiary/aromatic N) is 1. The third-order valence-corrected chi connectivity index (χ3v) is 8.44. The normalized spacial score (nSPS) is 13.2. The standard InChI is InChI=1S/C30H45NOS/c1-2-3-4-5-6-7-8-9-10-11-12-13-14-15-16-21-26-31-27-22-17-19-24-29(27)33(32)30-25-20-18-23-28(30)31/h17-20,22-25H,2-16,21,26H2,1H3. The second-order valence-electron chi connectivity index (χ2n) is 9.66. The Hall–Kier alpha value is -1.61. The maximum absolute atomic E-state index is 13.0. The molecule has 0 aliphatic carbocycles. The van der Waals surface area contributed by atoms with Crippen molar-refractivity contribution in [1.29, 1.82) is 0 Å². The molecule has 0 saturated heterocycles. The number of hydrogen-bond acceptors (Lipinski definition) is 2. The Morgan fingerprint density at radius 2 is 0.909 bits per heavy atom. The van der Waals surface area contributed by atoms with Crippen molar-refractivity contribution in [1.82, 2.24) is 0 Å². The first kappa shape index (κ1) is 26.0. The van der Waals surface area contributed by atoms with Crippen molar-refractivity contribution in [2.75, 3.05) is 11.4 Å². The smallest absolute Gasteiger partial charge is 0.0892 e. The minimum atomic E-state index is -1.07. The fourth-order valence-corrected chi connectivity index (χ4v) is 6.36. The molecule has 0 bridgehead atoms. The molecule has 33 heavy (non-hydrogen) atoms. The largest absolute Gasteiger partial charge is 0.339 e. The number of para-hydroxylation sites is 2. The van der Waals surface area contributed by atoms with E-state index in [4.69, 9.17) is 0 Å². The fraction of sp³-hybridized carbons (Fsp3) is 0.600. The molecule has 0 amide bonds. The van der Waals surface area contributed by atoms with E-state index in [9.17, 15) is 4.21 Å². The van der Waals surface area contributed by atoms with E-state index in [1.165, 1.54) is 103 Å². The van der Waals surface area contributed by atoms with Crippen molar-refractivity contribution in [2.24, 2.45) is 0 Å². The third kappa shape index (κ3) is 8.28. The van der Waals surface area contributed by atoms with Gasteiger partial charge in [0.15, 0.2) is 0 Å². The lowest BCUT2D eigenvalue weighted by molar-refractivity contribution is 0.530. The van der Waals surface area contributed by atoms with Gasteiger partial charge in [0.2, 0.25) is 0 Å². The molecular weight excluding hydrogens is 422 g/mol. The van der Waals surface area contributed by atoms with E-state index >= 15 is 0 Å². The Bertz CT molecular complexity index is 784. The summed E-state index contributed by atoms with van der Waals surface area (Å²) in [4.78, 5) is 4.29. The van der Waals surface area contributed by atoms with Crippen LogP contribution < -0.4 is 4.90 Å². The van der Waals surface area contributed by atoms with E-state index in [1.807, 2.05) is 24.3 Å². The highest BCUT2D eigenvalue weighted by Crippen LogP contribution is 2.41. The second kappa shape index (κ2) is 15.3. The van der Waals surface area contributed by atoms with E-state index in [-0.39, 0.29) is 0 Å². The van der Waals surface area contributed by atoms with Crippen LogP contribution in [0.1, 0.15) is 110 Å². The summed E-state index contributed by atoms with van der Waals surface area (Å²) in [7, 11) is -1.07. The maximum atomic E-state index is 13.0. The third-order valence-electron chi connectivity index (χ3n) is 6.95. The molecule has 0 spiro atoms. The number of anilines is 2. The minimum Gasteiger partial charge on any atom is -0.339 e. The maximum Gasteiger partial charge on any atom is 0.0892 e. The van der Waals surface area contributed by atoms with Crippen molar-refractivity contribution in [3.63, 3.8) is 0 Å². The highest BCUT2D eigenvalue weighted by atomic mass is 32.2. The van der Waals surface area contributed by atoms with Gasteiger partial charge in [-0.25, -0.2) is 4.21 Å². The first-order valence-electron chi connectivity index (χ1n) is 13.7. The van der Waals surface area contributed by atoms with Crippen LogP contribution in [0.5, 0.6) is 0 Å². The quantitative estimate of drug-likeness (QED) is 0.216. The van der Waals surface area contributed by atoms with Gasteiger partial charge in [0.05, 0.1) is 32.0 Å². The van der Waals surface area contributed by atoms with E-state index in [2.05, 4.69) is 36.1 Å². The van der Waals surface area contributed by atoms with Crippen LogP contribution in [0.3, 0.4) is 0 Å². The molecule has 2 aromatic carbocycles. The Labute approximate surface area is 205 Å². The van der Waals surface area contributed by atoms with Gasteiger partial charge in [-0.1, -0.05) is 128 Å². The van der Waals surface area contributed by atoms with Gasteiger partial charge in [-0.3, -0.25) is 0 Å². The highest BCUT2D eigenvalue weighted by molar-refractivity contribution is 7.85. The first-order valence-corrected chi connectivity index (χ1v) is 14.8. The molecule has 3 heteroatoms. The van der Waals surface area contributed by atoms with Crippen molar-refractivity contribution in [3.05, 3.63) is 48.5 Å². The Kier molecular flexibility index (Phi) is 12.1. The summed E-state index contributed by atoms with van der Waals surface area (Å²) < 4.78 is 13.0. The van der Waals surface area contributed by atoms with E-state index < -0.39 is 10.8 Å². The Morgan fingerprint density at radius 3 is 1.33 bits per heavy atom. The van der Waals surface area contributed by atoms with Gasteiger partial charge in [0.1, 0.15) is 0 Å². The van der Waals surface area contributed by atoms with Gasteiger partial charge in [0, 0.05) is 6.54 Å². The predicted octanol–water partition coefficient (Wildman–Crippen LogP) is 9.57. The Morgan fingerprint density at radius 1 is 0.545 bits per heavy atom. The average Bonchev–Trinajstić information content (AvgIpc) is 2.85. The van der Waals surface area contributed by atoms with Gasteiger partial charge in [-0.05, 0) is 30.7 Å². The fourth-order valence-electron chi connectivity index (χ4n) is 4.98. The summed E-state index contributed by atoms with van der Waals surface area (Å²) in [5, 5.41) is 0. The van der Waals surface area contributed by atoms with Gasteiger partial charge in [0.25, 0.3) is 0 Å². The van der Waals surface area contributed by atoms with Crippen LogP contribution in [0.15, 0.2) is 58.3 Å². The molecule has 0 N–H and O–H groups in total. The van der Waals surface area contributed by atoms with Crippen LogP contribution in [0.25, 0.3) is 0 Å². The zero-order valence-corrected chi connectivity index (χ0v) is 21.7. The van der Waals surface area contributed by atoms with Crippen LogP contribution >= 0.6 is 0 Å². The molecule has 1 heterocycles. The van der Waals surface area contributed by atoms with Crippen LogP contribution in [0.4, 0.5) is 11.4 Å². The van der Waals surface area contributed by atoms with Crippen LogP contribution in [-0.2, 0) is 10.8 Å². The van der Waals surface area contributed by atoms with Crippen molar-refractivity contribution in [2.45, 2.75) is 119 Å². The molecule has 2 aromatic rings. The van der Waals surface area contributed by atoms with Gasteiger partial charge < -0.3 is 4.90 Å². The van der Waals surface area contributed by atoms with E-state index in [0.717, 1.165) is 27.7 Å². The van der Waals surface area contributed by atoms with Crippen molar-refractivity contribution in [3.8, 4) is 0 Å².